The van der Waals surface area contributed by atoms with Gasteiger partial charge in [0, 0.05) is 0 Å². The quantitative estimate of drug-likeness (QED) is 0.634. The molecule has 1 nitrogen and oxygen atoms in total. The van der Waals surface area contributed by atoms with Gasteiger partial charge in [-0.05, 0) is 18.4 Å². The summed E-state index contributed by atoms with van der Waals surface area (Å²) in [6.45, 7) is 0. The molecule has 1 fully saturated rings. The molecule has 0 saturated heterocycles. The summed E-state index contributed by atoms with van der Waals surface area (Å²) in [5, 5.41) is 8.59. The highest BCUT2D eigenvalue weighted by Gasteiger charge is 2.21. The van der Waals surface area contributed by atoms with E-state index in [1.54, 1.807) is 0 Å². The molecule has 1 aliphatic rings. The lowest BCUT2D eigenvalue weighted by Gasteiger charge is -2.22. The van der Waals surface area contributed by atoms with Crippen LogP contribution in [0.25, 0.3) is 6.08 Å². The first kappa shape index (κ1) is 8.07. The molecule has 0 amide bonds. The zero-order valence-electron chi connectivity index (χ0n) is 7.40. The summed E-state index contributed by atoms with van der Waals surface area (Å²) in [5.74, 6) is 0.273. The summed E-state index contributed by atoms with van der Waals surface area (Å²) in [6, 6.07) is 12.5. The number of nitrogens with zero attached hydrogens (tertiary/aromatic N) is 1. The monoisotopic (exact) mass is 169 g/mol. The van der Waals surface area contributed by atoms with E-state index in [0.29, 0.717) is 0 Å². The van der Waals surface area contributed by atoms with Crippen LogP contribution < -0.4 is 0 Å². The largest absolute Gasteiger partial charge is 0.198 e. The average Bonchev–Trinajstić information content (AvgIpc) is 2.12. The minimum absolute atomic E-state index is 0.273. The SMILES string of the molecule is N#CC1CC(=Cc2ccccc2)C1. The van der Waals surface area contributed by atoms with E-state index < -0.39 is 0 Å². The molecule has 64 valence electrons. The van der Waals surface area contributed by atoms with Crippen LogP contribution in [-0.2, 0) is 0 Å². The Morgan fingerprint density at radius 1 is 1.23 bits per heavy atom. The van der Waals surface area contributed by atoms with E-state index in [4.69, 9.17) is 5.26 Å². The van der Waals surface area contributed by atoms with Gasteiger partial charge in [0.15, 0.2) is 0 Å². The maximum atomic E-state index is 8.59. The second kappa shape index (κ2) is 3.45. The van der Waals surface area contributed by atoms with E-state index in [9.17, 15) is 0 Å². The number of rotatable bonds is 1. The molecule has 0 aromatic heterocycles. The fourth-order valence-corrected chi connectivity index (χ4v) is 1.57. The molecule has 0 atom stereocenters. The van der Waals surface area contributed by atoms with Crippen LogP contribution in [0, 0.1) is 17.2 Å². The topological polar surface area (TPSA) is 23.8 Å². The van der Waals surface area contributed by atoms with Gasteiger partial charge in [0.05, 0.1) is 12.0 Å². The summed E-state index contributed by atoms with van der Waals surface area (Å²) in [7, 11) is 0. The zero-order valence-corrected chi connectivity index (χ0v) is 7.40. The third kappa shape index (κ3) is 1.78. The molecule has 2 rings (SSSR count). The predicted molar refractivity (Wildman–Crippen MR) is 52.8 cm³/mol. The molecule has 0 aliphatic heterocycles. The van der Waals surface area contributed by atoms with Crippen LogP contribution in [-0.4, -0.2) is 0 Å². The maximum Gasteiger partial charge on any atom is 0.0662 e. The highest BCUT2D eigenvalue weighted by molar-refractivity contribution is 5.54. The van der Waals surface area contributed by atoms with E-state index in [1.165, 1.54) is 11.1 Å². The van der Waals surface area contributed by atoms with Crippen molar-refractivity contribution in [3.63, 3.8) is 0 Å². The molecule has 0 radical (unpaired) electrons. The fourth-order valence-electron chi connectivity index (χ4n) is 1.57. The van der Waals surface area contributed by atoms with E-state index in [0.717, 1.165) is 12.8 Å². The summed E-state index contributed by atoms with van der Waals surface area (Å²) < 4.78 is 0. The molecule has 0 spiro atoms. The summed E-state index contributed by atoms with van der Waals surface area (Å²) in [5.41, 5.74) is 2.65. The molecule has 13 heavy (non-hydrogen) atoms. The van der Waals surface area contributed by atoms with Gasteiger partial charge in [0.2, 0.25) is 0 Å². The second-order valence-electron chi connectivity index (χ2n) is 3.45. The molecule has 1 saturated carbocycles. The van der Waals surface area contributed by atoms with Gasteiger partial charge in [-0.2, -0.15) is 5.26 Å². The molecule has 1 aromatic carbocycles. The van der Waals surface area contributed by atoms with Gasteiger partial charge in [0.1, 0.15) is 0 Å². The van der Waals surface area contributed by atoms with Crippen LogP contribution in [0.2, 0.25) is 0 Å². The number of nitriles is 1. The molecule has 0 unspecified atom stereocenters. The van der Waals surface area contributed by atoms with Crippen LogP contribution in [0.15, 0.2) is 35.9 Å². The van der Waals surface area contributed by atoms with Crippen molar-refractivity contribution in [3.8, 4) is 6.07 Å². The Morgan fingerprint density at radius 2 is 1.92 bits per heavy atom. The van der Waals surface area contributed by atoms with Crippen molar-refractivity contribution >= 4 is 6.08 Å². The van der Waals surface area contributed by atoms with Crippen molar-refractivity contribution in [2.75, 3.05) is 0 Å². The van der Waals surface area contributed by atoms with Crippen molar-refractivity contribution in [2.45, 2.75) is 12.8 Å². The van der Waals surface area contributed by atoms with Gasteiger partial charge in [-0.1, -0.05) is 42.0 Å². The van der Waals surface area contributed by atoms with Crippen molar-refractivity contribution in [3.05, 3.63) is 41.5 Å². The van der Waals surface area contributed by atoms with Gasteiger partial charge < -0.3 is 0 Å². The lowest BCUT2D eigenvalue weighted by molar-refractivity contribution is 0.531. The number of hydrogen-bond acceptors (Lipinski definition) is 1. The lowest BCUT2D eigenvalue weighted by atomic mass is 9.80. The summed E-state index contributed by atoms with van der Waals surface area (Å²) in [4.78, 5) is 0. The first-order valence-corrected chi connectivity index (χ1v) is 4.52. The van der Waals surface area contributed by atoms with Crippen molar-refractivity contribution in [2.24, 2.45) is 5.92 Å². The molecule has 0 bridgehead atoms. The van der Waals surface area contributed by atoms with E-state index in [2.05, 4.69) is 24.3 Å². The first-order valence-electron chi connectivity index (χ1n) is 4.52. The predicted octanol–water partition coefficient (Wildman–Crippen LogP) is 3.00. The third-order valence-corrected chi connectivity index (χ3v) is 2.37. The molecular weight excluding hydrogens is 158 g/mol. The van der Waals surface area contributed by atoms with Gasteiger partial charge in [-0.15, -0.1) is 0 Å². The van der Waals surface area contributed by atoms with Crippen LogP contribution in [0.4, 0.5) is 0 Å². The van der Waals surface area contributed by atoms with Crippen molar-refractivity contribution < 1.29 is 0 Å². The maximum absolute atomic E-state index is 8.59. The van der Waals surface area contributed by atoms with Gasteiger partial charge in [0.25, 0.3) is 0 Å². The molecular formula is C12H11N. The number of allylic oxidation sites excluding steroid dienone is 1. The molecule has 1 heteroatoms. The van der Waals surface area contributed by atoms with Crippen molar-refractivity contribution in [1.82, 2.24) is 0 Å². The Bertz CT molecular complexity index is 348. The normalized spacial score (nSPS) is 20.2. The van der Waals surface area contributed by atoms with Gasteiger partial charge in [-0.3, -0.25) is 0 Å². The van der Waals surface area contributed by atoms with Crippen LogP contribution in [0.5, 0.6) is 0 Å². The molecule has 1 aliphatic carbocycles. The van der Waals surface area contributed by atoms with E-state index in [1.807, 2.05) is 18.2 Å². The second-order valence-corrected chi connectivity index (χ2v) is 3.45. The lowest BCUT2D eigenvalue weighted by Crippen LogP contribution is -2.11. The highest BCUT2D eigenvalue weighted by atomic mass is 14.3. The summed E-state index contributed by atoms with van der Waals surface area (Å²) >= 11 is 0. The zero-order chi connectivity index (χ0) is 9.10. The van der Waals surface area contributed by atoms with Crippen LogP contribution in [0.1, 0.15) is 18.4 Å². The highest BCUT2D eigenvalue weighted by Crippen LogP contribution is 2.33. The smallest absolute Gasteiger partial charge is 0.0662 e. The minimum Gasteiger partial charge on any atom is -0.198 e. The Kier molecular flexibility index (Phi) is 2.14. The van der Waals surface area contributed by atoms with Gasteiger partial charge >= 0.3 is 0 Å². The minimum atomic E-state index is 0.273. The number of hydrogen-bond donors (Lipinski definition) is 0. The molecule has 0 heterocycles. The Balaban J connectivity index is 2.04. The van der Waals surface area contributed by atoms with Crippen LogP contribution >= 0.6 is 0 Å². The average molecular weight is 169 g/mol. The Hall–Kier alpha value is -1.55. The Labute approximate surface area is 78.3 Å². The fraction of sp³-hybridized carbons (Fsp3) is 0.250. The summed E-state index contributed by atoms with van der Waals surface area (Å²) in [6.07, 6.45) is 4.12. The Morgan fingerprint density at radius 3 is 2.54 bits per heavy atom. The van der Waals surface area contributed by atoms with Gasteiger partial charge in [-0.25, -0.2) is 0 Å². The first-order chi connectivity index (χ1) is 6.38. The molecule has 1 aromatic rings. The van der Waals surface area contributed by atoms with Crippen molar-refractivity contribution in [1.29, 1.82) is 5.26 Å². The van der Waals surface area contributed by atoms with E-state index in [-0.39, 0.29) is 5.92 Å². The van der Waals surface area contributed by atoms with Crippen LogP contribution in [0.3, 0.4) is 0 Å². The molecule has 0 N–H and O–H groups in total. The number of benzene rings is 1. The third-order valence-electron chi connectivity index (χ3n) is 2.37. The van der Waals surface area contributed by atoms with E-state index >= 15 is 0 Å². The standard InChI is InChI=1S/C12H11N/c13-9-12-7-11(8-12)6-10-4-2-1-3-5-10/h1-6,12H,7-8H2.